The van der Waals surface area contributed by atoms with Gasteiger partial charge in [0, 0.05) is 18.4 Å². The molecule has 0 saturated carbocycles. The first kappa shape index (κ1) is 21.1. The first-order valence-corrected chi connectivity index (χ1v) is 12.9. The molecule has 1 aliphatic rings. The lowest BCUT2D eigenvalue weighted by molar-refractivity contribution is 0.950. The summed E-state index contributed by atoms with van der Waals surface area (Å²) in [4.78, 5) is 9.71. The van der Waals surface area contributed by atoms with Crippen LogP contribution in [-0.4, -0.2) is 27.7 Å². The van der Waals surface area contributed by atoms with Crippen LogP contribution in [0.5, 0.6) is 0 Å². The average Bonchev–Trinajstić information content (AvgIpc) is 3.62. The minimum absolute atomic E-state index is 0.837. The van der Waals surface area contributed by atoms with Gasteiger partial charge in [0.15, 0.2) is 0 Å². The van der Waals surface area contributed by atoms with Gasteiger partial charge in [0.05, 0.1) is 40.1 Å². The molecule has 3 heterocycles. The highest BCUT2D eigenvalue weighted by Gasteiger charge is 2.24. The summed E-state index contributed by atoms with van der Waals surface area (Å²) in [6.07, 6.45) is 0. The van der Waals surface area contributed by atoms with Gasteiger partial charge in [-0.05, 0) is 71.8 Å². The molecule has 5 nitrogen and oxygen atoms in total. The molecule has 0 fully saturated rings. The van der Waals surface area contributed by atoms with Gasteiger partial charge in [-0.1, -0.05) is 60.7 Å². The number of rotatable bonds is 3. The van der Waals surface area contributed by atoms with E-state index in [1.54, 1.807) is 0 Å². The lowest BCUT2D eigenvalue weighted by atomic mass is 10.0. The standard InChI is InChI=1S/C33H25N5/c1-35-22-36(30-17-5-4-16-29(30)35)25-12-8-10-23(20-25)24-11-9-13-26(21-24)37-31-18-6-7-19-32(31)38-28-15-3-2-14-27(28)34-33(37)38/h2-21H,22H2,1H3. The predicted octanol–water partition coefficient (Wildman–Crippen LogP) is 7.64. The van der Waals surface area contributed by atoms with Crippen LogP contribution in [0.4, 0.5) is 17.1 Å². The van der Waals surface area contributed by atoms with Crippen LogP contribution in [0.1, 0.15) is 0 Å². The van der Waals surface area contributed by atoms with Gasteiger partial charge in [-0.25, -0.2) is 4.98 Å². The third-order valence-electron chi connectivity index (χ3n) is 7.64. The number of benzene rings is 5. The molecule has 7 aromatic rings. The average molecular weight is 492 g/mol. The molecule has 2 aromatic heterocycles. The van der Waals surface area contributed by atoms with Crippen molar-refractivity contribution in [2.24, 2.45) is 0 Å². The Morgan fingerprint density at radius 1 is 0.579 bits per heavy atom. The molecule has 0 bridgehead atoms. The Morgan fingerprint density at radius 3 is 2.03 bits per heavy atom. The molecule has 0 amide bonds. The van der Waals surface area contributed by atoms with E-state index in [0.717, 1.165) is 40.2 Å². The van der Waals surface area contributed by atoms with E-state index in [2.05, 4.69) is 141 Å². The molecule has 0 atom stereocenters. The lowest BCUT2D eigenvalue weighted by Crippen LogP contribution is -2.23. The van der Waals surface area contributed by atoms with Gasteiger partial charge in [-0.3, -0.25) is 8.97 Å². The van der Waals surface area contributed by atoms with E-state index in [0.29, 0.717) is 0 Å². The van der Waals surface area contributed by atoms with Gasteiger partial charge in [-0.2, -0.15) is 0 Å². The van der Waals surface area contributed by atoms with Crippen molar-refractivity contribution in [2.75, 3.05) is 23.5 Å². The number of hydrogen-bond acceptors (Lipinski definition) is 3. The van der Waals surface area contributed by atoms with Crippen LogP contribution >= 0.6 is 0 Å². The zero-order valence-electron chi connectivity index (χ0n) is 21.0. The molecule has 8 rings (SSSR count). The monoisotopic (exact) mass is 491 g/mol. The van der Waals surface area contributed by atoms with E-state index in [1.807, 2.05) is 6.07 Å². The molecule has 0 unspecified atom stereocenters. The predicted molar refractivity (Wildman–Crippen MR) is 157 cm³/mol. The lowest BCUT2D eigenvalue weighted by Gasteiger charge is -2.20. The van der Waals surface area contributed by atoms with Crippen LogP contribution in [0.15, 0.2) is 121 Å². The maximum absolute atomic E-state index is 5.04. The Bertz CT molecular complexity index is 2000. The van der Waals surface area contributed by atoms with Gasteiger partial charge in [-0.15, -0.1) is 0 Å². The number of imidazole rings is 2. The molecule has 0 saturated heterocycles. The zero-order chi connectivity index (χ0) is 25.2. The van der Waals surface area contributed by atoms with Crippen LogP contribution in [0.3, 0.4) is 0 Å². The van der Waals surface area contributed by atoms with Crippen molar-refractivity contribution in [3.8, 4) is 16.8 Å². The summed E-state index contributed by atoms with van der Waals surface area (Å²) in [5.41, 5.74) is 11.6. The van der Waals surface area contributed by atoms with Crippen LogP contribution in [0.2, 0.25) is 0 Å². The van der Waals surface area contributed by atoms with Gasteiger partial charge in [0.1, 0.15) is 0 Å². The quantitative estimate of drug-likeness (QED) is 0.254. The van der Waals surface area contributed by atoms with E-state index >= 15 is 0 Å². The summed E-state index contributed by atoms with van der Waals surface area (Å²) in [5, 5.41) is 0. The normalized spacial score (nSPS) is 13.2. The second-order valence-corrected chi connectivity index (χ2v) is 9.92. The van der Waals surface area contributed by atoms with E-state index in [-0.39, 0.29) is 0 Å². The zero-order valence-corrected chi connectivity index (χ0v) is 21.0. The minimum atomic E-state index is 0.837. The van der Waals surface area contributed by atoms with Crippen LogP contribution < -0.4 is 9.80 Å². The fourth-order valence-electron chi connectivity index (χ4n) is 5.88. The first-order valence-electron chi connectivity index (χ1n) is 12.9. The fraction of sp³-hybridized carbons (Fsp3) is 0.0606. The molecule has 5 aromatic carbocycles. The van der Waals surface area contributed by atoms with Crippen molar-refractivity contribution < 1.29 is 0 Å². The Morgan fingerprint density at radius 2 is 1.21 bits per heavy atom. The smallest absolute Gasteiger partial charge is 0.220 e. The molecular formula is C33H25N5. The second kappa shape index (κ2) is 7.98. The molecule has 0 N–H and O–H groups in total. The number of fused-ring (bicyclic) bond motifs is 6. The first-order chi connectivity index (χ1) is 18.8. The number of hydrogen-bond donors (Lipinski definition) is 0. The summed E-state index contributed by atoms with van der Waals surface area (Å²) in [6.45, 7) is 0.837. The Kier molecular flexibility index (Phi) is 4.43. The maximum atomic E-state index is 5.04. The highest BCUT2D eigenvalue weighted by molar-refractivity contribution is 5.92. The van der Waals surface area contributed by atoms with E-state index in [4.69, 9.17) is 4.98 Å². The molecule has 0 radical (unpaired) electrons. The largest absolute Gasteiger partial charge is 0.355 e. The summed E-state index contributed by atoms with van der Waals surface area (Å²) in [7, 11) is 2.15. The van der Waals surface area contributed by atoms with Crippen LogP contribution in [0, 0.1) is 0 Å². The van der Waals surface area contributed by atoms with Gasteiger partial charge >= 0.3 is 0 Å². The molecule has 5 heteroatoms. The third kappa shape index (κ3) is 3.02. The maximum Gasteiger partial charge on any atom is 0.220 e. The molecular weight excluding hydrogens is 466 g/mol. The molecule has 1 aliphatic heterocycles. The van der Waals surface area contributed by atoms with Crippen molar-refractivity contribution in [2.45, 2.75) is 0 Å². The second-order valence-electron chi connectivity index (χ2n) is 9.92. The van der Waals surface area contributed by atoms with E-state index in [9.17, 15) is 0 Å². The van der Waals surface area contributed by atoms with Gasteiger partial charge < -0.3 is 9.80 Å². The number of anilines is 3. The van der Waals surface area contributed by atoms with Crippen LogP contribution in [-0.2, 0) is 0 Å². The Labute approximate surface area is 220 Å². The van der Waals surface area contributed by atoms with Crippen LogP contribution in [0.25, 0.3) is 44.7 Å². The van der Waals surface area contributed by atoms with E-state index < -0.39 is 0 Å². The summed E-state index contributed by atoms with van der Waals surface area (Å²) in [5.74, 6) is 0.926. The molecule has 38 heavy (non-hydrogen) atoms. The van der Waals surface area contributed by atoms with Crippen molar-refractivity contribution in [3.63, 3.8) is 0 Å². The highest BCUT2D eigenvalue weighted by Crippen LogP contribution is 2.40. The van der Waals surface area contributed by atoms with Crippen molar-refractivity contribution in [1.29, 1.82) is 0 Å². The summed E-state index contributed by atoms with van der Waals surface area (Å²) >= 11 is 0. The minimum Gasteiger partial charge on any atom is -0.355 e. The van der Waals surface area contributed by atoms with E-state index in [1.165, 1.54) is 28.2 Å². The number of aromatic nitrogens is 3. The molecule has 0 spiro atoms. The Balaban J connectivity index is 1.27. The van der Waals surface area contributed by atoms with Crippen molar-refractivity contribution in [3.05, 3.63) is 121 Å². The van der Waals surface area contributed by atoms with Gasteiger partial charge in [0.2, 0.25) is 5.78 Å². The van der Waals surface area contributed by atoms with Gasteiger partial charge in [0.25, 0.3) is 0 Å². The topological polar surface area (TPSA) is 28.7 Å². The number of nitrogens with zero attached hydrogens (tertiary/aromatic N) is 5. The summed E-state index contributed by atoms with van der Waals surface area (Å²) < 4.78 is 4.54. The fourth-order valence-corrected chi connectivity index (χ4v) is 5.88. The van der Waals surface area contributed by atoms with Crippen molar-refractivity contribution >= 4 is 44.9 Å². The SMILES string of the molecule is CN1CN(c2cccc(-c3cccc(-n4c5ccccc5n5c6ccccc6nc45)c3)c2)c2ccccc21. The third-order valence-corrected chi connectivity index (χ3v) is 7.64. The highest BCUT2D eigenvalue weighted by atomic mass is 15.4. The molecule has 0 aliphatic carbocycles. The molecule has 182 valence electrons. The summed E-state index contributed by atoms with van der Waals surface area (Å²) in [6, 6.07) is 43.1. The number of para-hydroxylation sites is 6. The Hall–Kier alpha value is -5.03. The van der Waals surface area contributed by atoms with Crippen molar-refractivity contribution in [1.82, 2.24) is 14.0 Å².